The quantitative estimate of drug-likeness (QED) is 0.639. The highest BCUT2D eigenvalue weighted by molar-refractivity contribution is 9.10. The third-order valence-electron chi connectivity index (χ3n) is 3.61. The van der Waals surface area contributed by atoms with Crippen LogP contribution in [-0.4, -0.2) is 19.0 Å². The van der Waals surface area contributed by atoms with Crippen LogP contribution in [-0.2, 0) is 4.79 Å². The molecule has 2 aromatic rings. The molecule has 0 radical (unpaired) electrons. The van der Waals surface area contributed by atoms with Crippen LogP contribution in [0, 0.1) is 5.92 Å². The van der Waals surface area contributed by atoms with Crippen LogP contribution in [0.4, 0.5) is 5.69 Å². The van der Waals surface area contributed by atoms with Gasteiger partial charge in [0.05, 0.1) is 5.69 Å². The van der Waals surface area contributed by atoms with Gasteiger partial charge in [0.2, 0.25) is 5.91 Å². The van der Waals surface area contributed by atoms with Gasteiger partial charge in [0.25, 0.3) is 0 Å². The highest BCUT2D eigenvalue weighted by atomic mass is 79.9. The number of fused-ring (bicyclic) bond motifs is 3. The molecule has 0 aliphatic carbocycles. The van der Waals surface area contributed by atoms with E-state index in [1.807, 2.05) is 26.0 Å². The van der Waals surface area contributed by atoms with Crippen molar-refractivity contribution in [2.75, 3.05) is 17.4 Å². The molecule has 0 saturated heterocycles. The third kappa shape index (κ3) is 5.02. The predicted molar refractivity (Wildman–Crippen MR) is 112 cm³/mol. The maximum absolute atomic E-state index is 12.2. The molecule has 0 aromatic heterocycles. The molecule has 5 heteroatoms. The van der Waals surface area contributed by atoms with Gasteiger partial charge >= 0.3 is 0 Å². The summed E-state index contributed by atoms with van der Waals surface area (Å²) in [6, 6.07) is 14.5. The lowest BCUT2D eigenvalue weighted by atomic mass is 10.0. The molecular weight excluding hydrogens is 396 g/mol. The molecule has 3 rings (SSSR count). The molecule has 3 nitrogen and oxygen atoms in total. The van der Waals surface area contributed by atoms with E-state index in [4.69, 9.17) is 0 Å². The summed E-state index contributed by atoms with van der Waals surface area (Å²) >= 11 is 5.17. The van der Waals surface area contributed by atoms with Crippen molar-refractivity contribution in [1.82, 2.24) is 5.32 Å². The standard InChI is InChI=1S/C18H19BrN2OS.C2H6/c1-12(2)10-20-18(22)11-21-16-8-7-13(19)9-15(16)14-5-3-4-6-17(14)23-21;1-2/h3-9,12H,10-11H2,1-2H3,(H,20,22);1-2H3. The molecule has 0 saturated carbocycles. The van der Waals surface area contributed by atoms with Gasteiger partial charge in [-0.1, -0.05) is 61.8 Å². The molecule has 1 amide bonds. The molecule has 0 unspecified atom stereocenters. The SMILES string of the molecule is CC.CC(C)CNC(=O)CN1Sc2ccccc2-c2cc(Br)ccc21. The largest absolute Gasteiger partial charge is 0.354 e. The number of hydrogen-bond donors (Lipinski definition) is 1. The lowest BCUT2D eigenvalue weighted by Crippen LogP contribution is -2.36. The molecule has 1 heterocycles. The second kappa shape index (κ2) is 9.30. The van der Waals surface area contributed by atoms with Crippen molar-refractivity contribution >= 4 is 39.5 Å². The summed E-state index contributed by atoms with van der Waals surface area (Å²) in [6.07, 6.45) is 0. The van der Waals surface area contributed by atoms with Crippen LogP contribution in [0.5, 0.6) is 0 Å². The first-order valence-corrected chi connectivity index (χ1v) is 10.2. The molecule has 1 N–H and O–H groups in total. The van der Waals surface area contributed by atoms with E-state index in [2.05, 4.69) is 69.7 Å². The molecule has 1 aliphatic heterocycles. The van der Waals surface area contributed by atoms with E-state index in [9.17, 15) is 4.79 Å². The molecule has 0 spiro atoms. The first-order valence-electron chi connectivity index (χ1n) is 8.66. The minimum atomic E-state index is 0.0550. The fourth-order valence-electron chi connectivity index (χ4n) is 2.50. The Labute approximate surface area is 163 Å². The summed E-state index contributed by atoms with van der Waals surface area (Å²) in [6.45, 7) is 9.25. The van der Waals surface area contributed by atoms with Gasteiger partial charge in [-0.3, -0.25) is 4.79 Å². The van der Waals surface area contributed by atoms with Crippen LogP contribution in [0.3, 0.4) is 0 Å². The van der Waals surface area contributed by atoms with Crippen LogP contribution in [0.25, 0.3) is 11.1 Å². The summed E-state index contributed by atoms with van der Waals surface area (Å²) in [5, 5.41) is 2.99. The Morgan fingerprint density at radius 1 is 1.16 bits per heavy atom. The van der Waals surface area contributed by atoms with Crippen molar-refractivity contribution in [3.05, 3.63) is 46.9 Å². The number of carbonyl (C=O) groups excluding carboxylic acids is 1. The average Bonchev–Trinajstić information content (AvgIpc) is 2.61. The number of hydrogen-bond acceptors (Lipinski definition) is 3. The van der Waals surface area contributed by atoms with Gasteiger partial charge in [-0.25, -0.2) is 0 Å². The van der Waals surface area contributed by atoms with Crippen LogP contribution in [0.2, 0.25) is 0 Å². The molecule has 1 aliphatic rings. The number of anilines is 1. The molecule has 2 aromatic carbocycles. The lowest BCUT2D eigenvalue weighted by molar-refractivity contribution is -0.119. The smallest absolute Gasteiger partial charge is 0.240 e. The number of nitrogens with one attached hydrogen (secondary N) is 1. The van der Waals surface area contributed by atoms with Crippen molar-refractivity contribution in [2.24, 2.45) is 5.92 Å². The zero-order chi connectivity index (χ0) is 18.4. The average molecular weight is 421 g/mol. The first kappa shape index (κ1) is 19.9. The number of nitrogens with zero attached hydrogens (tertiary/aromatic N) is 1. The van der Waals surface area contributed by atoms with Crippen LogP contribution in [0.15, 0.2) is 51.8 Å². The second-order valence-electron chi connectivity index (χ2n) is 5.98. The number of rotatable bonds is 4. The fourth-order valence-corrected chi connectivity index (χ4v) is 3.95. The van der Waals surface area contributed by atoms with Crippen molar-refractivity contribution in [1.29, 1.82) is 0 Å². The van der Waals surface area contributed by atoms with Gasteiger partial charge in [-0.05, 0) is 47.7 Å². The Morgan fingerprint density at radius 3 is 2.60 bits per heavy atom. The minimum absolute atomic E-state index is 0.0550. The van der Waals surface area contributed by atoms with E-state index >= 15 is 0 Å². The highest BCUT2D eigenvalue weighted by Gasteiger charge is 2.24. The number of carbonyl (C=O) groups is 1. The molecule has 0 atom stereocenters. The summed E-state index contributed by atoms with van der Waals surface area (Å²) < 4.78 is 3.11. The topological polar surface area (TPSA) is 32.3 Å². The number of halogens is 1. The van der Waals surface area contributed by atoms with Crippen LogP contribution < -0.4 is 9.62 Å². The summed E-state index contributed by atoms with van der Waals surface area (Å²) in [7, 11) is 0. The summed E-state index contributed by atoms with van der Waals surface area (Å²) in [5.41, 5.74) is 3.45. The highest BCUT2D eigenvalue weighted by Crippen LogP contribution is 2.46. The predicted octanol–water partition coefficient (Wildman–Crippen LogP) is 5.74. The molecule has 0 bridgehead atoms. The lowest BCUT2D eigenvalue weighted by Gasteiger charge is -2.31. The van der Waals surface area contributed by atoms with Crippen LogP contribution in [0.1, 0.15) is 27.7 Å². The molecule has 0 fully saturated rings. The van der Waals surface area contributed by atoms with Crippen LogP contribution >= 0.6 is 27.9 Å². The van der Waals surface area contributed by atoms with E-state index in [0.717, 1.165) is 15.7 Å². The monoisotopic (exact) mass is 420 g/mol. The molecule has 134 valence electrons. The Kier molecular flexibility index (Phi) is 7.38. The Balaban J connectivity index is 0.00000109. The fraction of sp³-hybridized carbons (Fsp3) is 0.350. The van der Waals surface area contributed by atoms with Gasteiger partial charge in [0.15, 0.2) is 0 Å². The van der Waals surface area contributed by atoms with E-state index in [1.54, 1.807) is 11.9 Å². The Bertz CT molecular complexity index is 733. The van der Waals surface area contributed by atoms with Gasteiger partial charge < -0.3 is 9.62 Å². The normalized spacial score (nSPS) is 12.0. The Hall–Kier alpha value is -1.46. The van der Waals surface area contributed by atoms with Crippen molar-refractivity contribution < 1.29 is 4.79 Å². The van der Waals surface area contributed by atoms with Crippen molar-refractivity contribution in [2.45, 2.75) is 32.6 Å². The van der Waals surface area contributed by atoms with Crippen molar-refractivity contribution in [3.8, 4) is 11.1 Å². The number of amides is 1. The minimum Gasteiger partial charge on any atom is -0.354 e. The van der Waals surface area contributed by atoms with Crippen molar-refractivity contribution in [3.63, 3.8) is 0 Å². The first-order chi connectivity index (χ1) is 12.0. The van der Waals surface area contributed by atoms with E-state index in [-0.39, 0.29) is 5.91 Å². The zero-order valence-electron chi connectivity index (χ0n) is 15.2. The van der Waals surface area contributed by atoms with E-state index in [1.165, 1.54) is 10.5 Å². The van der Waals surface area contributed by atoms with Gasteiger partial charge in [0, 0.05) is 21.5 Å². The van der Waals surface area contributed by atoms with Gasteiger partial charge in [-0.2, -0.15) is 0 Å². The van der Waals surface area contributed by atoms with Gasteiger partial charge in [-0.15, -0.1) is 0 Å². The third-order valence-corrected chi connectivity index (χ3v) is 5.20. The molecule has 25 heavy (non-hydrogen) atoms. The number of benzene rings is 2. The zero-order valence-corrected chi connectivity index (χ0v) is 17.6. The summed E-state index contributed by atoms with van der Waals surface area (Å²) in [5.74, 6) is 0.511. The second-order valence-corrected chi connectivity index (χ2v) is 7.96. The Morgan fingerprint density at radius 2 is 1.88 bits per heavy atom. The maximum atomic E-state index is 12.2. The van der Waals surface area contributed by atoms with Gasteiger partial charge in [0.1, 0.15) is 6.54 Å². The molecular formula is C20H25BrN2OS. The van der Waals surface area contributed by atoms with E-state index in [0.29, 0.717) is 19.0 Å². The maximum Gasteiger partial charge on any atom is 0.240 e. The summed E-state index contributed by atoms with van der Waals surface area (Å²) in [4.78, 5) is 13.4. The van der Waals surface area contributed by atoms with E-state index < -0.39 is 0 Å².